The van der Waals surface area contributed by atoms with Crippen LogP contribution in [0.2, 0.25) is 0 Å². The number of hydrogen-bond donors (Lipinski definition) is 1. The first-order valence-corrected chi connectivity index (χ1v) is 4.98. The molecule has 0 aromatic rings. The van der Waals surface area contributed by atoms with Gasteiger partial charge >= 0.3 is 0 Å². The largest absolute Gasteiger partial charge is 0.383 e. The standard InChI is InChI=1S/C10H18N2O/c1-13-8-7-12-10(9-11)5-3-2-4-6-10/h12H,2-8H2,1H3. The molecule has 1 rings (SSSR count). The Morgan fingerprint density at radius 2 is 2.08 bits per heavy atom. The number of nitrogens with one attached hydrogen (secondary N) is 1. The fourth-order valence-electron chi connectivity index (χ4n) is 1.88. The topological polar surface area (TPSA) is 45.0 Å². The number of nitrogens with zero attached hydrogens (tertiary/aromatic N) is 1. The summed E-state index contributed by atoms with van der Waals surface area (Å²) in [6, 6.07) is 2.41. The Morgan fingerprint density at radius 1 is 1.38 bits per heavy atom. The van der Waals surface area contributed by atoms with E-state index in [-0.39, 0.29) is 5.54 Å². The molecule has 1 saturated carbocycles. The highest BCUT2D eigenvalue weighted by Gasteiger charge is 2.30. The average Bonchev–Trinajstić information content (AvgIpc) is 2.20. The molecule has 3 heteroatoms. The molecule has 1 aliphatic rings. The Hall–Kier alpha value is -0.590. The van der Waals surface area contributed by atoms with Gasteiger partial charge in [-0.05, 0) is 12.8 Å². The Bertz CT molecular complexity index is 180. The van der Waals surface area contributed by atoms with Crippen LogP contribution in [0.3, 0.4) is 0 Å². The van der Waals surface area contributed by atoms with Crippen molar-refractivity contribution in [1.82, 2.24) is 5.32 Å². The highest BCUT2D eigenvalue weighted by Crippen LogP contribution is 2.27. The minimum atomic E-state index is -0.253. The van der Waals surface area contributed by atoms with Crippen LogP contribution in [0.15, 0.2) is 0 Å². The van der Waals surface area contributed by atoms with Gasteiger partial charge in [0.1, 0.15) is 5.54 Å². The third kappa shape index (κ3) is 2.98. The molecule has 0 unspecified atom stereocenters. The van der Waals surface area contributed by atoms with Crippen LogP contribution in [0, 0.1) is 11.3 Å². The quantitative estimate of drug-likeness (QED) is 0.669. The second-order valence-corrected chi connectivity index (χ2v) is 3.67. The van der Waals surface area contributed by atoms with E-state index in [4.69, 9.17) is 10.00 Å². The van der Waals surface area contributed by atoms with E-state index < -0.39 is 0 Å². The molecule has 0 spiro atoms. The molecule has 0 aromatic heterocycles. The average molecular weight is 182 g/mol. The zero-order valence-electron chi connectivity index (χ0n) is 8.31. The van der Waals surface area contributed by atoms with E-state index in [9.17, 15) is 0 Å². The molecule has 0 bridgehead atoms. The van der Waals surface area contributed by atoms with Crippen molar-refractivity contribution < 1.29 is 4.74 Å². The third-order valence-corrected chi connectivity index (χ3v) is 2.69. The van der Waals surface area contributed by atoms with Crippen LogP contribution in [0.5, 0.6) is 0 Å². The first-order valence-electron chi connectivity index (χ1n) is 4.98. The van der Waals surface area contributed by atoms with E-state index in [1.165, 1.54) is 19.3 Å². The van der Waals surface area contributed by atoms with Crippen molar-refractivity contribution in [3.63, 3.8) is 0 Å². The molecule has 1 N–H and O–H groups in total. The summed E-state index contributed by atoms with van der Waals surface area (Å²) in [6.45, 7) is 1.47. The lowest BCUT2D eigenvalue weighted by atomic mass is 9.83. The SMILES string of the molecule is COCCNC1(C#N)CCCCC1. The highest BCUT2D eigenvalue weighted by molar-refractivity contribution is 5.08. The number of ether oxygens (including phenoxy) is 1. The van der Waals surface area contributed by atoms with E-state index >= 15 is 0 Å². The predicted molar refractivity (Wildman–Crippen MR) is 51.3 cm³/mol. The van der Waals surface area contributed by atoms with Crippen molar-refractivity contribution in [2.24, 2.45) is 0 Å². The molecule has 0 heterocycles. The van der Waals surface area contributed by atoms with Gasteiger partial charge in [0.2, 0.25) is 0 Å². The lowest BCUT2D eigenvalue weighted by Crippen LogP contribution is -2.46. The molecule has 1 aliphatic carbocycles. The van der Waals surface area contributed by atoms with Gasteiger partial charge in [-0.3, -0.25) is 5.32 Å². The summed E-state index contributed by atoms with van der Waals surface area (Å²) in [5.74, 6) is 0. The van der Waals surface area contributed by atoms with Gasteiger partial charge in [-0.2, -0.15) is 5.26 Å². The molecular formula is C10H18N2O. The van der Waals surface area contributed by atoms with Crippen LogP contribution in [-0.4, -0.2) is 25.8 Å². The molecule has 1 fully saturated rings. The third-order valence-electron chi connectivity index (χ3n) is 2.69. The highest BCUT2D eigenvalue weighted by atomic mass is 16.5. The van der Waals surface area contributed by atoms with Gasteiger partial charge in [0.05, 0.1) is 12.7 Å². The Morgan fingerprint density at radius 3 is 2.62 bits per heavy atom. The minimum absolute atomic E-state index is 0.253. The molecule has 0 aromatic carbocycles. The molecule has 74 valence electrons. The molecule has 0 amide bonds. The fourth-order valence-corrected chi connectivity index (χ4v) is 1.88. The summed E-state index contributed by atoms with van der Waals surface area (Å²) in [5, 5.41) is 12.4. The second kappa shape index (κ2) is 5.21. The summed E-state index contributed by atoms with van der Waals surface area (Å²) >= 11 is 0. The van der Waals surface area contributed by atoms with Crippen molar-refractivity contribution in [2.45, 2.75) is 37.6 Å². The zero-order chi connectivity index (χ0) is 9.57. The van der Waals surface area contributed by atoms with Crippen molar-refractivity contribution >= 4 is 0 Å². The first-order chi connectivity index (χ1) is 6.33. The molecule has 0 radical (unpaired) electrons. The first kappa shape index (κ1) is 10.5. The van der Waals surface area contributed by atoms with E-state index in [0.29, 0.717) is 6.61 Å². The van der Waals surface area contributed by atoms with Crippen molar-refractivity contribution in [1.29, 1.82) is 5.26 Å². The Labute approximate surface area is 80.1 Å². The van der Waals surface area contributed by atoms with Crippen LogP contribution in [-0.2, 0) is 4.74 Å². The summed E-state index contributed by atoms with van der Waals surface area (Å²) in [4.78, 5) is 0. The molecule has 0 saturated heterocycles. The number of nitriles is 1. The van der Waals surface area contributed by atoms with Crippen molar-refractivity contribution in [3.8, 4) is 6.07 Å². The molecular weight excluding hydrogens is 164 g/mol. The maximum absolute atomic E-state index is 9.09. The fraction of sp³-hybridized carbons (Fsp3) is 0.900. The van der Waals surface area contributed by atoms with Gasteiger partial charge in [0.15, 0.2) is 0 Å². The van der Waals surface area contributed by atoms with Crippen molar-refractivity contribution in [2.75, 3.05) is 20.3 Å². The van der Waals surface area contributed by atoms with Gasteiger partial charge in [-0.25, -0.2) is 0 Å². The zero-order valence-corrected chi connectivity index (χ0v) is 8.31. The van der Waals surface area contributed by atoms with Gasteiger partial charge in [-0.1, -0.05) is 19.3 Å². The lowest BCUT2D eigenvalue weighted by Gasteiger charge is -2.31. The number of hydrogen-bond acceptors (Lipinski definition) is 3. The lowest BCUT2D eigenvalue weighted by molar-refractivity contribution is 0.183. The normalized spacial score (nSPS) is 20.9. The van der Waals surface area contributed by atoms with Crippen molar-refractivity contribution in [3.05, 3.63) is 0 Å². The van der Waals surface area contributed by atoms with E-state index in [0.717, 1.165) is 19.4 Å². The van der Waals surface area contributed by atoms with Gasteiger partial charge < -0.3 is 4.74 Å². The maximum atomic E-state index is 9.09. The maximum Gasteiger partial charge on any atom is 0.106 e. The minimum Gasteiger partial charge on any atom is -0.383 e. The summed E-state index contributed by atoms with van der Waals surface area (Å²) in [6.07, 6.45) is 5.61. The summed E-state index contributed by atoms with van der Waals surface area (Å²) in [7, 11) is 1.68. The number of rotatable bonds is 4. The van der Waals surface area contributed by atoms with Crippen LogP contribution >= 0.6 is 0 Å². The van der Waals surface area contributed by atoms with E-state index in [1.807, 2.05) is 0 Å². The smallest absolute Gasteiger partial charge is 0.106 e. The summed E-state index contributed by atoms with van der Waals surface area (Å²) < 4.78 is 4.95. The van der Waals surface area contributed by atoms with Crippen LogP contribution in [0.25, 0.3) is 0 Å². The van der Waals surface area contributed by atoms with Crippen LogP contribution in [0.1, 0.15) is 32.1 Å². The monoisotopic (exact) mass is 182 g/mol. The molecule has 0 atom stereocenters. The van der Waals surface area contributed by atoms with E-state index in [2.05, 4.69) is 11.4 Å². The Kier molecular flexibility index (Phi) is 4.20. The molecule has 3 nitrogen and oxygen atoms in total. The predicted octanol–water partition coefficient (Wildman–Crippen LogP) is 1.45. The van der Waals surface area contributed by atoms with Gasteiger partial charge in [0, 0.05) is 13.7 Å². The van der Waals surface area contributed by atoms with Crippen LogP contribution < -0.4 is 5.32 Å². The van der Waals surface area contributed by atoms with Gasteiger partial charge in [0.25, 0.3) is 0 Å². The van der Waals surface area contributed by atoms with E-state index in [1.54, 1.807) is 7.11 Å². The number of methoxy groups -OCH3 is 1. The second-order valence-electron chi connectivity index (χ2n) is 3.67. The molecule has 13 heavy (non-hydrogen) atoms. The Balaban J connectivity index is 2.35. The molecule has 0 aliphatic heterocycles. The van der Waals surface area contributed by atoms with Gasteiger partial charge in [-0.15, -0.1) is 0 Å². The summed E-state index contributed by atoms with van der Waals surface area (Å²) in [5.41, 5.74) is -0.253. The van der Waals surface area contributed by atoms with Crippen LogP contribution in [0.4, 0.5) is 0 Å².